The number of nitrogens with two attached hydrogens (primary N) is 1. The minimum absolute atomic E-state index is 0.216. The van der Waals surface area contributed by atoms with Crippen LogP contribution in [0.15, 0.2) is 30.6 Å². The molecule has 18 heavy (non-hydrogen) atoms. The molecular weight excluding hydrogens is 229 g/mol. The van der Waals surface area contributed by atoms with Crippen molar-refractivity contribution in [3.8, 4) is 11.1 Å². The van der Waals surface area contributed by atoms with Gasteiger partial charge >= 0.3 is 0 Å². The number of benzene rings is 1. The van der Waals surface area contributed by atoms with Crippen LogP contribution in [0.5, 0.6) is 0 Å². The first-order chi connectivity index (χ1) is 8.61. The van der Waals surface area contributed by atoms with Crippen molar-refractivity contribution in [2.45, 2.75) is 19.3 Å². The molecule has 0 saturated heterocycles. The Morgan fingerprint density at radius 3 is 2.83 bits per heavy atom. The van der Waals surface area contributed by atoms with E-state index in [2.05, 4.69) is 12.0 Å². The SMILES string of the molecule is CC(CCN)c1ccc(F)c(-c2cnn(C)c2)c1. The minimum Gasteiger partial charge on any atom is -0.330 e. The molecule has 0 amide bonds. The molecule has 1 heterocycles. The monoisotopic (exact) mass is 247 g/mol. The Hall–Kier alpha value is -1.68. The van der Waals surface area contributed by atoms with Gasteiger partial charge in [0.1, 0.15) is 5.82 Å². The Kier molecular flexibility index (Phi) is 3.77. The van der Waals surface area contributed by atoms with Crippen LogP contribution < -0.4 is 5.73 Å². The van der Waals surface area contributed by atoms with Crippen LogP contribution in [0.1, 0.15) is 24.8 Å². The van der Waals surface area contributed by atoms with Gasteiger partial charge in [-0.3, -0.25) is 4.68 Å². The standard InChI is InChI=1S/C14H18FN3/c1-10(5-6-16)11-3-4-14(15)13(7-11)12-8-17-18(2)9-12/h3-4,7-10H,5-6,16H2,1-2H3. The molecule has 1 aromatic carbocycles. The van der Waals surface area contributed by atoms with Crippen LogP contribution in [-0.2, 0) is 7.05 Å². The van der Waals surface area contributed by atoms with Crippen LogP contribution in [0.2, 0.25) is 0 Å². The third-order valence-electron chi connectivity index (χ3n) is 3.18. The molecule has 0 bridgehead atoms. The second-order valence-electron chi connectivity index (χ2n) is 4.62. The Morgan fingerprint density at radius 1 is 1.44 bits per heavy atom. The molecule has 96 valence electrons. The van der Waals surface area contributed by atoms with E-state index in [1.807, 2.05) is 25.4 Å². The highest BCUT2D eigenvalue weighted by Gasteiger charge is 2.11. The summed E-state index contributed by atoms with van der Waals surface area (Å²) in [5.41, 5.74) is 8.08. The molecular formula is C14H18FN3. The van der Waals surface area contributed by atoms with Gasteiger partial charge in [0.2, 0.25) is 0 Å². The highest BCUT2D eigenvalue weighted by molar-refractivity contribution is 5.63. The topological polar surface area (TPSA) is 43.8 Å². The van der Waals surface area contributed by atoms with Crippen LogP contribution in [0.3, 0.4) is 0 Å². The van der Waals surface area contributed by atoms with Gasteiger partial charge in [-0.2, -0.15) is 5.10 Å². The van der Waals surface area contributed by atoms with Crippen molar-refractivity contribution in [3.05, 3.63) is 42.0 Å². The highest BCUT2D eigenvalue weighted by atomic mass is 19.1. The average Bonchev–Trinajstić information content (AvgIpc) is 2.76. The van der Waals surface area contributed by atoms with Crippen molar-refractivity contribution < 1.29 is 4.39 Å². The first-order valence-electron chi connectivity index (χ1n) is 6.10. The van der Waals surface area contributed by atoms with E-state index in [4.69, 9.17) is 5.73 Å². The van der Waals surface area contributed by atoms with Gasteiger partial charge in [0.25, 0.3) is 0 Å². The molecule has 0 aliphatic carbocycles. The number of aryl methyl sites for hydroxylation is 1. The fraction of sp³-hybridized carbons (Fsp3) is 0.357. The number of nitrogens with zero attached hydrogens (tertiary/aromatic N) is 2. The normalized spacial score (nSPS) is 12.7. The van der Waals surface area contributed by atoms with E-state index in [1.165, 1.54) is 6.07 Å². The zero-order valence-corrected chi connectivity index (χ0v) is 10.7. The summed E-state index contributed by atoms with van der Waals surface area (Å²) in [5, 5.41) is 4.07. The Labute approximate surface area is 106 Å². The third kappa shape index (κ3) is 2.59. The minimum atomic E-state index is -0.216. The Bertz CT molecular complexity index is 534. The molecule has 3 nitrogen and oxygen atoms in total. The summed E-state index contributed by atoms with van der Waals surface area (Å²) >= 11 is 0. The zero-order chi connectivity index (χ0) is 13.1. The van der Waals surface area contributed by atoms with Gasteiger partial charge in [0.15, 0.2) is 0 Å². The van der Waals surface area contributed by atoms with E-state index in [9.17, 15) is 4.39 Å². The van der Waals surface area contributed by atoms with E-state index in [1.54, 1.807) is 10.9 Å². The maximum Gasteiger partial charge on any atom is 0.131 e. The molecule has 4 heteroatoms. The summed E-state index contributed by atoms with van der Waals surface area (Å²) in [7, 11) is 1.82. The predicted octanol–water partition coefficient (Wildman–Crippen LogP) is 2.68. The number of halogens is 1. The van der Waals surface area contributed by atoms with Crippen LogP contribution in [0.4, 0.5) is 4.39 Å². The summed E-state index contributed by atoms with van der Waals surface area (Å²) in [6.45, 7) is 2.74. The maximum atomic E-state index is 13.9. The lowest BCUT2D eigenvalue weighted by molar-refractivity contribution is 0.627. The van der Waals surface area contributed by atoms with Crippen molar-refractivity contribution in [1.82, 2.24) is 9.78 Å². The summed E-state index contributed by atoms with van der Waals surface area (Å²) in [5.74, 6) is 0.123. The van der Waals surface area contributed by atoms with Gasteiger partial charge < -0.3 is 5.73 Å². The lowest BCUT2D eigenvalue weighted by Gasteiger charge is -2.12. The fourth-order valence-corrected chi connectivity index (χ4v) is 2.05. The van der Waals surface area contributed by atoms with Crippen LogP contribution in [0.25, 0.3) is 11.1 Å². The molecule has 2 rings (SSSR count). The summed E-state index contributed by atoms with van der Waals surface area (Å²) in [6, 6.07) is 5.24. The Morgan fingerprint density at radius 2 is 2.22 bits per heavy atom. The highest BCUT2D eigenvalue weighted by Crippen LogP contribution is 2.27. The molecule has 0 fully saturated rings. The first kappa shape index (κ1) is 12.8. The summed E-state index contributed by atoms with van der Waals surface area (Å²) in [4.78, 5) is 0. The fourth-order valence-electron chi connectivity index (χ4n) is 2.05. The smallest absolute Gasteiger partial charge is 0.131 e. The maximum absolute atomic E-state index is 13.9. The summed E-state index contributed by atoms with van der Waals surface area (Å²) in [6.07, 6.45) is 4.39. The number of rotatable bonds is 4. The van der Waals surface area contributed by atoms with E-state index < -0.39 is 0 Å². The van der Waals surface area contributed by atoms with Gasteiger partial charge in [-0.1, -0.05) is 13.0 Å². The third-order valence-corrected chi connectivity index (χ3v) is 3.18. The molecule has 2 N–H and O–H groups in total. The van der Waals surface area contributed by atoms with Gasteiger partial charge in [0, 0.05) is 24.4 Å². The van der Waals surface area contributed by atoms with Crippen molar-refractivity contribution in [2.24, 2.45) is 12.8 Å². The molecule has 2 aromatic rings. The van der Waals surface area contributed by atoms with Gasteiger partial charge in [-0.15, -0.1) is 0 Å². The number of hydrogen-bond acceptors (Lipinski definition) is 2. The van der Waals surface area contributed by atoms with Gasteiger partial charge in [-0.25, -0.2) is 4.39 Å². The molecule has 0 radical (unpaired) electrons. The van der Waals surface area contributed by atoms with E-state index in [0.717, 1.165) is 17.5 Å². The zero-order valence-electron chi connectivity index (χ0n) is 10.7. The molecule has 1 atom stereocenters. The lowest BCUT2D eigenvalue weighted by Crippen LogP contribution is -2.04. The van der Waals surface area contributed by atoms with E-state index >= 15 is 0 Å². The molecule has 0 spiro atoms. The summed E-state index contributed by atoms with van der Waals surface area (Å²) < 4.78 is 15.5. The second kappa shape index (κ2) is 5.31. The van der Waals surface area contributed by atoms with Crippen molar-refractivity contribution in [3.63, 3.8) is 0 Å². The molecule has 0 aliphatic rings. The largest absolute Gasteiger partial charge is 0.330 e. The van der Waals surface area contributed by atoms with Crippen LogP contribution >= 0.6 is 0 Å². The number of aromatic nitrogens is 2. The second-order valence-corrected chi connectivity index (χ2v) is 4.62. The molecule has 0 aliphatic heterocycles. The molecule has 1 unspecified atom stereocenters. The van der Waals surface area contributed by atoms with Crippen molar-refractivity contribution in [1.29, 1.82) is 0 Å². The first-order valence-corrected chi connectivity index (χ1v) is 6.10. The van der Waals surface area contributed by atoms with Gasteiger partial charge in [0.05, 0.1) is 6.20 Å². The molecule has 0 saturated carbocycles. The lowest BCUT2D eigenvalue weighted by atomic mass is 9.94. The van der Waals surface area contributed by atoms with E-state index in [-0.39, 0.29) is 5.82 Å². The predicted molar refractivity (Wildman–Crippen MR) is 70.7 cm³/mol. The van der Waals surface area contributed by atoms with Crippen molar-refractivity contribution in [2.75, 3.05) is 6.54 Å². The van der Waals surface area contributed by atoms with E-state index in [0.29, 0.717) is 18.0 Å². The van der Waals surface area contributed by atoms with Crippen LogP contribution in [0, 0.1) is 5.82 Å². The van der Waals surface area contributed by atoms with Crippen molar-refractivity contribution >= 4 is 0 Å². The quantitative estimate of drug-likeness (QED) is 0.902. The number of hydrogen-bond donors (Lipinski definition) is 1. The molecule has 1 aromatic heterocycles. The van der Waals surface area contributed by atoms with Crippen LogP contribution in [-0.4, -0.2) is 16.3 Å². The average molecular weight is 247 g/mol. The van der Waals surface area contributed by atoms with Gasteiger partial charge in [-0.05, 0) is 36.6 Å². The Balaban J connectivity index is 2.38.